The Kier molecular flexibility index (Phi) is 3.10. The maximum atomic E-state index is 8.14. The number of aromatic nitrogens is 4. The number of rotatable bonds is 4. The van der Waals surface area contributed by atoms with Crippen LogP contribution in [0.3, 0.4) is 0 Å². The lowest BCUT2D eigenvalue weighted by atomic mass is 10.2. The zero-order valence-electron chi connectivity index (χ0n) is 8.43. The van der Waals surface area contributed by atoms with Crippen molar-refractivity contribution < 1.29 is 0 Å². The van der Waals surface area contributed by atoms with Crippen molar-refractivity contribution in [3.63, 3.8) is 0 Å². The van der Waals surface area contributed by atoms with E-state index in [4.69, 9.17) is 5.53 Å². The fourth-order valence-corrected chi connectivity index (χ4v) is 1.25. The van der Waals surface area contributed by atoms with Crippen LogP contribution in [0.2, 0.25) is 0 Å². The molecule has 16 heavy (non-hydrogen) atoms. The number of hydrogen-bond donors (Lipinski definition) is 0. The second-order valence-corrected chi connectivity index (χ2v) is 3.07. The maximum absolute atomic E-state index is 8.14. The monoisotopic (exact) mass is 215 g/mol. The van der Waals surface area contributed by atoms with Gasteiger partial charge < -0.3 is 0 Å². The van der Waals surface area contributed by atoms with Crippen LogP contribution in [0.5, 0.6) is 0 Å². The standard InChI is InChI=1S/C9H9N7/c10-15-13-4-3-8-1-2-9(12-5-8)16-7-11-6-14-16/h1-2,5-7H,3-4H2. The molecule has 7 heteroatoms. The average molecular weight is 215 g/mol. The SMILES string of the molecule is [N-]=[N+]=NCCc1ccc(-n2cncn2)nc1. The molecule has 0 saturated heterocycles. The van der Waals surface area contributed by atoms with Gasteiger partial charge in [0.1, 0.15) is 12.7 Å². The first kappa shape index (κ1) is 10.1. The molecule has 0 aliphatic rings. The lowest BCUT2D eigenvalue weighted by Crippen LogP contribution is -1.98. The highest BCUT2D eigenvalue weighted by Crippen LogP contribution is 2.04. The third-order valence-electron chi connectivity index (χ3n) is 2.03. The van der Waals surface area contributed by atoms with Crippen LogP contribution >= 0.6 is 0 Å². The summed E-state index contributed by atoms with van der Waals surface area (Å²) in [6, 6.07) is 3.77. The van der Waals surface area contributed by atoms with Crippen molar-refractivity contribution in [1.29, 1.82) is 0 Å². The average Bonchev–Trinajstić information content (AvgIpc) is 2.84. The van der Waals surface area contributed by atoms with Crippen LogP contribution in [-0.4, -0.2) is 26.3 Å². The smallest absolute Gasteiger partial charge is 0.155 e. The molecule has 2 heterocycles. The highest BCUT2D eigenvalue weighted by Gasteiger charge is 1.98. The highest BCUT2D eigenvalue weighted by atomic mass is 15.3. The van der Waals surface area contributed by atoms with E-state index >= 15 is 0 Å². The summed E-state index contributed by atoms with van der Waals surface area (Å²) in [6.07, 6.45) is 5.47. The van der Waals surface area contributed by atoms with Crippen LogP contribution in [0.4, 0.5) is 0 Å². The van der Waals surface area contributed by atoms with Gasteiger partial charge in [-0.15, -0.1) is 0 Å². The van der Waals surface area contributed by atoms with E-state index in [1.54, 1.807) is 17.2 Å². The molecule has 0 aromatic carbocycles. The van der Waals surface area contributed by atoms with Crippen LogP contribution in [0, 0.1) is 0 Å². The van der Waals surface area contributed by atoms with Gasteiger partial charge in [-0.05, 0) is 23.6 Å². The molecule has 2 rings (SSSR count). The fraction of sp³-hybridized carbons (Fsp3) is 0.222. The largest absolute Gasteiger partial charge is 0.237 e. The molecule has 0 radical (unpaired) electrons. The molecule has 0 atom stereocenters. The summed E-state index contributed by atoms with van der Waals surface area (Å²) >= 11 is 0. The normalized spacial score (nSPS) is 9.75. The molecule has 0 fully saturated rings. The quantitative estimate of drug-likeness (QED) is 0.439. The van der Waals surface area contributed by atoms with Gasteiger partial charge in [-0.3, -0.25) is 0 Å². The van der Waals surface area contributed by atoms with E-state index in [1.807, 2.05) is 12.1 Å². The lowest BCUT2D eigenvalue weighted by molar-refractivity contribution is 0.839. The Balaban J connectivity index is 2.07. The molecule has 0 aliphatic heterocycles. The zero-order chi connectivity index (χ0) is 11.2. The Morgan fingerprint density at radius 3 is 3.00 bits per heavy atom. The first-order valence-corrected chi connectivity index (χ1v) is 4.71. The van der Waals surface area contributed by atoms with Crippen molar-refractivity contribution in [2.45, 2.75) is 6.42 Å². The van der Waals surface area contributed by atoms with E-state index in [2.05, 4.69) is 25.1 Å². The summed E-state index contributed by atoms with van der Waals surface area (Å²) in [5, 5.41) is 7.43. The van der Waals surface area contributed by atoms with Gasteiger partial charge in [0.25, 0.3) is 0 Å². The second-order valence-electron chi connectivity index (χ2n) is 3.07. The van der Waals surface area contributed by atoms with Gasteiger partial charge in [-0.25, -0.2) is 14.6 Å². The van der Waals surface area contributed by atoms with Crippen LogP contribution in [0.15, 0.2) is 36.1 Å². The second kappa shape index (κ2) is 4.90. The summed E-state index contributed by atoms with van der Waals surface area (Å²) < 4.78 is 1.58. The van der Waals surface area contributed by atoms with Crippen molar-refractivity contribution >= 4 is 0 Å². The minimum Gasteiger partial charge on any atom is -0.237 e. The summed E-state index contributed by atoms with van der Waals surface area (Å²) in [4.78, 5) is 10.8. The Bertz CT molecular complexity index is 481. The van der Waals surface area contributed by atoms with Gasteiger partial charge in [-0.1, -0.05) is 11.2 Å². The lowest BCUT2D eigenvalue weighted by Gasteiger charge is -2.00. The van der Waals surface area contributed by atoms with Gasteiger partial charge in [0.15, 0.2) is 5.82 Å². The third-order valence-corrected chi connectivity index (χ3v) is 2.03. The molecule has 0 bridgehead atoms. The van der Waals surface area contributed by atoms with Crippen molar-refractivity contribution in [2.24, 2.45) is 5.11 Å². The molecule has 7 nitrogen and oxygen atoms in total. The Hall–Kier alpha value is -2.40. The number of hydrogen-bond acceptors (Lipinski definition) is 4. The van der Waals surface area contributed by atoms with Crippen molar-refractivity contribution in [2.75, 3.05) is 6.54 Å². The fourth-order valence-electron chi connectivity index (χ4n) is 1.25. The summed E-state index contributed by atoms with van der Waals surface area (Å²) in [7, 11) is 0. The molecule has 2 aromatic rings. The Morgan fingerprint density at radius 2 is 2.38 bits per heavy atom. The molecule has 0 saturated carbocycles. The predicted molar refractivity (Wildman–Crippen MR) is 56.9 cm³/mol. The number of pyridine rings is 1. The summed E-state index contributed by atoms with van der Waals surface area (Å²) in [6.45, 7) is 0.445. The van der Waals surface area contributed by atoms with Crippen molar-refractivity contribution in [3.8, 4) is 5.82 Å². The van der Waals surface area contributed by atoms with Gasteiger partial charge in [0, 0.05) is 17.7 Å². The van der Waals surface area contributed by atoms with E-state index in [0.29, 0.717) is 18.8 Å². The predicted octanol–water partition coefficient (Wildman–Crippen LogP) is 1.52. The maximum Gasteiger partial charge on any atom is 0.155 e. The van der Waals surface area contributed by atoms with Crippen molar-refractivity contribution in [1.82, 2.24) is 19.7 Å². The van der Waals surface area contributed by atoms with Crippen molar-refractivity contribution in [3.05, 3.63) is 47.0 Å². The molecular formula is C9H9N7. The van der Waals surface area contributed by atoms with Crippen LogP contribution in [0.1, 0.15) is 5.56 Å². The van der Waals surface area contributed by atoms with E-state index in [9.17, 15) is 0 Å². The molecule has 0 amide bonds. The zero-order valence-corrected chi connectivity index (χ0v) is 8.43. The first-order chi connectivity index (χ1) is 7.90. The van der Waals surface area contributed by atoms with E-state index in [1.165, 1.54) is 6.33 Å². The van der Waals surface area contributed by atoms with Gasteiger partial charge >= 0.3 is 0 Å². The molecule has 0 aliphatic carbocycles. The number of azide groups is 1. The van der Waals surface area contributed by atoms with Gasteiger partial charge in [0.2, 0.25) is 0 Å². The van der Waals surface area contributed by atoms with Crippen LogP contribution < -0.4 is 0 Å². The van der Waals surface area contributed by atoms with Gasteiger partial charge in [0.05, 0.1) is 0 Å². The molecular weight excluding hydrogens is 206 g/mol. The van der Waals surface area contributed by atoms with E-state index < -0.39 is 0 Å². The highest BCUT2D eigenvalue weighted by molar-refractivity contribution is 5.23. The minimum atomic E-state index is 0.445. The molecule has 0 spiro atoms. The first-order valence-electron chi connectivity index (χ1n) is 4.71. The molecule has 80 valence electrons. The Morgan fingerprint density at radius 1 is 1.44 bits per heavy atom. The summed E-state index contributed by atoms with van der Waals surface area (Å²) in [5.74, 6) is 0.713. The van der Waals surface area contributed by atoms with Crippen LogP contribution in [-0.2, 0) is 6.42 Å². The van der Waals surface area contributed by atoms with Gasteiger partial charge in [-0.2, -0.15) is 5.10 Å². The summed E-state index contributed by atoms with van der Waals surface area (Å²) in [5.41, 5.74) is 9.16. The molecule has 2 aromatic heterocycles. The third kappa shape index (κ3) is 2.34. The topological polar surface area (TPSA) is 92.4 Å². The molecule has 0 unspecified atom stereocenters. The van der Waals surface area contributed by atoms with Crippen LogP contribution in [0.25, 0.3) is 16.3 Å². The van der Waals surface area contributed by atoms with E-state index in [-0.39, 0.29) is 0 Å². The Labute approximate surface area is 91.4 Å². The minimum absolute atomic E-state index is 0.445. The van der Waals surface area contributed by atoms with E-state index in [0.717, 1.165) is 5.56 Å². The number of nitrogens with zero attached hydrogens (tertiary/aromatic N) is 7. The molecule has 0 N–H and O–H groups in total.